The summed E-state index contributed by atoms with van der Waals surface area (Å²) in [5, 5.41) is 3.14. The molecule has 0 bridgehead atoms. The van der Waals surface area contributed by atoms with Gasteiger partial charge in [0.15, 0.2) is 0 Å². The van der Waals surface area contributed by atoms with Gasteiger partial charge in [-0.3, -0.25) is 9.10 Å². The molecular weight excluding hydrogens is 388 g/mol. The van der Waals surface area contributed by atoms with Gasteiger partial charge in [0.1, 0.15) is 12.3 Å². The number of carbonyl (C=O) groups excluding carboxylic acids is 1. The van der Waals surface area contributed by atoms with Crippen LogP contribution < -0.4 is 14.4 Å². The number of carbonyl (C=O) groups is 1. The molecule has 6 nitrogen and oxygen atoms in total. The fourth-order valence-corrected chi connectivity index (χ4v) is 3.69. The number of para-hydroxylation sites is 1. The number of anilines is 2. The van der Waals surface area contributed by atoms with E-state index in [-0.39, 0.29) is 11.6 Å². The number of ether oxygens (including phenoxy) is 1. The normalized spacial score (nSPS) is 11.3. The lowest BCUT2D eigenvalue weighted by molar-refractivity contribution is -0.114. The lowest BCUT2D eigenvalue weighted by Crippen LogP contribution is -2.37. The van der Waals surface area contributed by atoms with Gasteiger partial charge >= 0.3 is 0 Å². The molecule has 0 aliphatic rings. The summed E-state index contributed by atoms with van der Waals surface area (Å²) in [6, 6.07) is 12.0. The van der Waals surface area contributed by atoms with Crippen molar-refractivity contribution in [3.63, 3.8) is 0 Å². The zero-order valence-corrected chi connectivity index (χ0v) is 17.3. The van der Waals surface area contributed by atoms with Crippen molar-refractivity contribution < 1.29 is 17.9 Å². The minimum Gasteiger partial charge on any atom is -0.495 e. The summed E-state index contributed by atoms with van der Waals surface area (Å²) in [7, 11) is -2.32. The number of benzene rings is 2. The van der Waals surface area contributed by atoms with Crippen molar-refractivity contribution in [1.82, 2.24) is 0 Å². The molecule has 146 valence electrons. The van der Waals surface area contributed by atoms with Gasteiger partial charge < -0.3 is 10.1 Å². The molecule has 0 aliphatic carbocycles. The van der Waals surface area contributed by atoms with E-state index in [1.165, 1.54) is 13.2 Å². The molecule has 0 spiro atoms. The first kappa shape index (κ1) is 21.1. The highest BCUT2D eigenvalue weighted by molar-refractivity contribution is 7.92. The minimum absolute atomic E-state index is 0.208. The van der Waals surface area contributed by atoms with Gasteiger partial charge in [0.25, 0.3) is 0 Å². The highest BCUT2D eigenvalue weighted by Crippen LogP contribution is 2.33. The highest BCUT2D eigenvalue weighted by Gasteiger charge is 2.24. The Morgan fingerprint density at radius 2 is 1.89 bits per heavy atom. The minimum atomic E-state index is -3.75. The van der Waals surface area contributed by atoms with E-state index in [4.69, 9.17) is 16.3 Å². The van der Waals surface area contributed by atoms with Gasteiger partial charge in [0, 0.05) is 10.7 Å². The lowest BCUT2D eigenvalue weighted by Gasteiger charge is -2.24. The first-order valence-corrected chi connectivity index (χ1v) is 10.6. The maximum Gasteiger partial charge on any atom is 0.245 e. The van der Waals surface area contributed by atoms with Crippen LogP contribution in [0.5, 0.6) is 5.75 Å². The van der Waals surface area contributed by atoms with E-state index in [1.54, 1.807) is 18.2 Å². The van der Waals surface area contributed by atoms with E-state index in [0.29, 0.717) is 16.5 Å². The molecule has 8 heteroatoms. The maximum atomic E-state index is 12.6. The third-order valence-corrected chi connectivity index (χ3v) is 5.32. The van der Waals surface area contributed by atoms with Crippen LogP contribution in [-0.4, -0.2) is 34.2 Å². The molecule has 0 aromatic heterocycles. The van der Waals surface area contributed by atoms with Crippen LogP contribution in [0.15, 0.2) is 42.5 Å². The van der Waals surface area contributed by atoms with Crippen LogP contribution in [0.2, 0.25) is 5.02 Å². The number of amides is 1. The van der Waals surface area contributed by atoms with E-state index in [1.807, 2.05) is 32.0 Å². The van der Waals surface area contributed by atoms with Gasteiger partial charge in [0.05, 0.1) is 19.1 Å². The molecule has 0 aliphatic heterocycles. The van der Waals surface area contributed by atoms with E-state index in [0.717, 1.165) is 16.1 Å². The van der Waals surface area contributed by atoms with Crippen molar-refractivity contribution in [2.24, 2.45) is 0 Å². The molecule has 27 heavy (non-hydrogen) atoms. The molecular formula is C19H23ClN2O4S. The van der Waals surface area contributed by atoms with Crippen molar-refractivity contribution in [3.8, 4) is 5.75 Å². The fraction of sp³-hybridized carbons (Fsp3) is 0.316. The van der Waals surface area contributed by atoms with Crippen LogP contribution >= 0.6 is 11.6 Å². The average Bonchev–Trinajstić information content (AvgIpc) is 2.59. The largest absolute Gasteiger partial charge is 0.495 e. The number of sulfonamides is 1. The van der Waals surface area contributed by atoms with Crippen LogP contribution in [0.25, 0.3) is 0 Å². The summed E-state index contributed by atoms with van der Waals surface area (Å²) in [6.07, 6.45) is 1.03. The number of nitrogens with one attached hydrogen (secondary N) is 1. The van der Waals surface area contributed by atoms with Gasteiger partial charge in [0.2, 0.25) is 15.9 Å². The van der Waals surface area contributed by atoms with Crippen molar-refractivity contribution in [1.29, 1.82) is 0 Å². The molecule has 0 fully saturated rings. The summed E-state index contributed by atoms with van der Waals surface area (Å²) in [6.45, 7) is 3.64. The van der Waals surface area contributed by atoms with E-state index in [2.05, 4.69) is 5.32 Å². The fourth-order valence-electron chi connectivity index (χ4n) is 2.67. The Morgan fingerprint density at radius 1 is 1.22 bits per heavy atom. The third-order valence-electron chi connectivity index (χ3n) is 3.95. The molecule has 2 aromatic rings. The predicted molar refractivity (Wildman–Crippen MR) is 109 cm³/mol. The number of hydrogen-bond donors (Lipinski definition) is 1. The first-order valence-electron chi connectivity index (χ1n) is 8.33. The second-order valence-corrected chi connectivity index (χ2v) is 8.72. The van der Waals surface area contributed by atoms with Crippen LogP contribution in [0.4, 0.5) is 11.4 Å². The Balaban J connectivity index is 2.34. The molecule has 0 heterocycles. The van der Waals surface area contributed by atoms with Gasteiger partial charge in [-0.05, 0) is 35.7 Å². The quantitative estimate of drug-likeness (QED) is 0.751. The van der Waals surface area contributed by atoms with Crippen molar-refractivity contribution in [2.45, 2.75) is 19.8 Å². The summed E-state index contributed by atoms with van der Waals surface area (Å²) in [4.78, 5) is 12.6. The smallest absolute Gasteiger partial charge is 0.245 e. The number of halogens is 1. The van der Waals surface area contributed by atoms with Gasteiger partial charge in [-0.2, -0.15) is 0 Å². The van der Waals surface area contributed by atoms with Crippen molar-refractivity contribution in [2.75, 3.05) is 29.5 Å². The molecule has 2 aromatic carbocycles. The van der Waals surface area contributed by atoms with Crippen LogP contribution in [-0.2, 0) is 14.8 Å². The maximum absolute atomic E-state index is 12.6. The van der Waals surface area contributed by atoms with Crippen molar-refractivity contribution in [3.05, 3.63) is 53.1 Å². The standard InChI is InChI=1S/C19H23ClN2O4S/c1-13(2)15-7-5-6-8-16(15)21-19(23)12-22(27(4,24)25)17-11-14(20)9-10-18(17)26-3/h5-11,13H,12H2,1-4H3,(H,21,23). The lowest BCUT2D eigenvalue weighted by atomic mass is 10.0. The summed E-state index contributed by atoms with van der Waals surface area (Å²) >= 11 is 6.01. The SMILES string of the molecule is COc1ccc(Cl)cc1N(CC(=O)Nc1ccccc1C(C)C)S(C)(=O)=O. The van der Waals surface area contributed by atoms with E-state index in [9.17, 15) is 13.2 Å². The Morgan fingerprint density at radius 3 is 2.48 bits per heavy atom. The van der Waals surface area contributed by atoms with E-state index >= 15 is 0 Å². The zero-order valence-electron chi connectivity index (χ0n) is 15.7. The monoisotopic (exact) mass is 410 g/mol. The van der Waals surface area contributed by atoms with Gasteiger partial charge in [-0.1, -0.05) is 43.6 Å². The molecule has 1 N–H and O–H groups in total. The Bertz CT molecular complexity index is 929. The first-order chi connectivity index (χ1) is 12.6. The number of hydrogen-bond acceptors (Lipinski definition) is 4. The van der Waals surface area contributed by atoms with Gasteiger partial charge in [-0.25, -0.2) is 8.42 Å². The number of rotatable bonds is 7. The number of methoxy groups -OCH3 is 1. The summed E-state index contributed by atoms with van der Waals surface area (Å²) < 4.78 is 30.9. The van der Waals surface area contributed by atoms with Crippen LogP contribution in [0.1, 0.15) is 25.3 Å². The number of nitrogens with zero attached hydrogens (tertiary/aromatic N) is 1. The second kappa shape index (κ2) is 8.63. The van der Waals surface area contributed by atoms with Crippen LogP contribution in [0, 0.1) is 0 Å². The topological polar surface area (TPSA) is 75.7 Å². The Hall–Kier alpha value is -2.25. The molecule has 2 rings (SSSR count). The molecule has 0 saturated heterocycles. The predicted octanol–water partition coefficient (Wildman–Crippen LogP) is 3.88. The molecule has 0 saturated carbocycles. The Kier molecular flexibility index (Phi) is 6.73. The molecule has 0 radical (unpaired) electrons. The summed E-state index contributed by atoms with van der Waals surface area (Å²) in [5.74, 6) is 0.0521. The zero-order chi connectivity index (χ0) is 20.2. The second-order valence-electron chi connectivity index (χ2n) is 6.38. The highest BCUT2D eigenvalue weighted by atomic mass is 35.5. The third kappa shape index (κ3) is 5.37. The molecule has 0 atom stereocenters. The van der Waals surface area contributed by atoms with Gasteiger partial charge in [-0.15, -0.1) is 0 Å². The average molecular weight is 411 g/mol. The van der Waals surface area contributed by atoms with Crippen molar-refractivity contribution >= 4 is 38.9 Å². The Labute approximate surface area is 165 Å². The molecule has 0 unspecified atom stereocenters. The van der Waals surface area contributed by atoms with Crippen LogP contribution in [0.3, 0.4) is 0 Å². The summed E-state index contributed by atoms with van der Waals surface area (Å²) in [5.41, 5.74) is 1.83. The van der Waals surface area contributed by atoms with E-state index < -0.39 is 22.5 Å². The molecule has 1 amide bonds.